The van der Waals surface area contributed by atoms with E-state index in [9.17, 15) is 9.59 Å². The Morgan fingerprint density at radius 1 is 1.32 bits per heavy atom. The van der Waals surface area contributed by atoms with Crippen LogP contribution in [-0.4, -0.2) is 28.2 Å². The molecule has 0 aliphatic heterocycles. The molecule has 5 nitrogen and oxygen atoms in total. The molecule has 0 fully saturated rings. The molecule has 0 spiro atoms. The third kappa shape index (κ3) is 2.98. The second-order valence-electron chi connectivity index (χ2n) is 6.10. The first kappa shape index (κ1) is 17.4. The number of benzene rings is 1. The van der Waals surface area contributed by atoms with E-state index < -0.39 is 0 Å². The molecule has 3 rings (SSSR count). The van der Waals surface area contributed by atoms with Gasteiger partial charge in [0, 0.05) is 11.3 Å². The van der Waals surface area contributed by atoms with Crippen molar-refractivity contribution in [2.24, 2.45) is 0 Å². The Bertz CT molecular complexity index is 936. The molecule has 0 unspecified atom stereocenters. The van der Waals surface area contributed by atoms with Gasteiger partial charge in [-0.15, -0.1) is 0 Å². The van der Waals surface area contributed by atoms with Gasteiger partial charge in [-0.3, -0.25) is 9.20 Å². The number of esters is 1. The van der Waals surface area contributed by atoms with Gasteiger partial charge < -0.3 is 4.74 Å². The zero-order valence-electron chi connectivity index (χ0n) is 14.7. The van der Waals surface area contributed by atoms with Crippen LogP contribution in [0, 0.1) is 6.92 Å². The normalized spacial score (nSPS) is 11.2. The monoisotopic (exact) mass is 356 g/mol. The third-order valence-electron chi connectivity index (χ3n) is 4.16. The van der Waals surface area contributed by atoms with Gasteiger partial charge in [-0.25, -0.2) is 9.78 Å². The molecular formula is C19H20N2O3S. The van der Waals surface area contributed by atoms with Crippen molar-refractivity contribution in [1.29, 1.82) is 0 Å². The fraction of sp³-hybridized carbons (Fsp3) is 0.316. The number of hydrogen-bond donors (Lipinski definition) is 0. The van der Waals surface area contributed by atoms with Crippen molar-refractivity contribution in [1.82, 2.24) is 9.38 Å². The summed E-state index contributed by atoms with van der Waals surface area (Å²) in [4.78, 5) is 29.5. The van der Waals surface area contributed by atoms with Gasteiger partial charge in [0.15, 0.2) is 11.2 Å². The summed E-state index contributed by atoms with van der Waals surface area (Å²) in [5, 5.41) is 0. The van der Waals surface area contributed by atoms with E-state index in [0.29, 0.717) is 39.4 Å². The van der Waals surface area contributed by atoms with Gasteiger partial charge in [-0.1, -0.05) is 49.4 Å². The lowest BCUT2D eigenvalue weighted by Crippen LogP contribution is -2.05. The molecule has 1 aromatic carbocycles. The number of rotatable bonds is 5. The Hall–Kier alpha value is -2.47. The quantitative estimate of drug-likeness (QED) is 0.499. The summed E-state index contributed by atoms with van der Waals surface area (Å²) in [5.41, 5.74) is 3.89. The van der Waals surface area contributed by atoms with Crippen LogP contribution in [0.4, 0.5) is 0 Å². The van der Waals surface area contributed by atoms with Crippen LogP contribution in [0.2, 0.25) is 0 Å². The first-order chi connectivity index (χ1) is 12.0. The van der Waals surface area contributed by atoms with Gasteiger partial charge in [0.2, 0.25) is 0 Å². The lowest BCUT2D eigenvalue weighted by atomic mass is 10.0. The molecule has 0 aliphatic carbocycles. The van der Waals surface area contributed by atoms with E-state index in [1.165, 1.54) is 16.9 Å². The van der Waals surface area contributed by atoms with Gasteiger partial charge in [0.1, 0.15) is 16.3 Å². The first-order valence-electron chi connectivity index (χ1n) is 8.22. The predicted octanol–water partition coefficient (Wildman–Crippen LogP) is 4.48. The molecule has 0 N–H and O–H groups in total. The first-order valence-corrected chi connectivity index (χ1v) is 9.04. The van der Waals surface area contributed by atoms with Crippen LogP contribution >= 0.6 is 11.3 Å². The summed E-state index contributed by atoms with van der Waals surface area (Å²) >= 11 is 1.24. The highest BCUT2D eigenvalue weighted by Gasteiger charge is 2.23. The smallest absolute Gasteiger partial charge is 0.350 e. The molecule has 0 saturated carbocycles. The van der Waals surface area contributed by atoms with Crippen LogP contribution < -0.4 is 0 Å². The molecule has 0 atom stereocenters. The largest absolute Gasteiger partial charge is 0.462 e. The highest BCUT2D eigenvalue weighted by atomic mass is 32.1. The fourth-order valence-corrected chi connectivity index (χ4v) is 3.83. The molecule has 0 saturated heterocycles. The molecule has 0 radical (unpaired) electrons. The standard InChI is InChI=1S/C19H20N2O3S/c1-5-24-18(23)17-12(4)21-15(10-22)16(20-19(21)25-17)14-8-6-13(7-9-14)11(2)3/h6-11H,5H2,1-4H3. The number of aldehydes is 1. The van der Waals surface area contributed by atoms with Crippen molar-refractivity contribution in [3.05, 3.63) is 46.1 Å². The fourth-order valence-electron chi connectivity index (χ4n) is 2.80. The number of ether oxygens (including phenoxy) is 1. The minimum Gasteiger partial charge on any atom is -0.462 e. The van der Waals surface area contributed by atoms with E-state index in [1.807, 2.05) is 12.1 Å². The molecule has 6 heteroatoms. The summed E-state index contributed by atoms with van der Waals surface area (Å²) in [5.74, 6) is 0.0645. The van der Waals surface area contributed by atoms with E-state index in [-0.39, 0.29) is 5.97 Å². The number of imidazole rings is 1. The second kappa shape index (κ2) is 6.80. The van der Waals surface area contributed by atoms with E-state index in [2.05, 4.69) is 31.0 Å². The van der Waals surface area contributed by atoms with Crippen LogP contribution in [0.5, 0.6) is 0 Å². The van der Waals surface area contributed by atoms with Crippen molar-refractivity contribution in [2.45, 2.75) is 33.6 Å². The maximum atomic E-state index is 12.0. The number of thiazole rings is 1. The molecule has 2 heterocycles. The van der Waals surface area contributed by atoms with Crippen LogP contribution in [0.15, 0.2) is 24.3 Å². The summed E-state index contributed by atoms with van der Waals surface area (Å²) in [6, 6.07) is 8.07. The number of carbonyl (C=O) groups is 2. The zero-order chi connectivity index (χ0) is 18.1. The van der Waals surface area contributed by atoms with Crippen molar-refractivity contribution in [2.75, 3.05) is 6.61 Å². The molecule has 0 amide bonds. The number of nitrogens with zero attached hydrogens (tertiary/aromatic N) is 2. The summed E-state index contributed by atoms with van der Waals surface area (Å²) in [6.07, 6.45) is 0.792. The van der Waals surface area contributed by atoms with Crippen LogP contribution in [0.1, 0.15) is 58.1 Å². The van der Waals surface area contributed by atoms with E-state index >= 15 is 0 Å². The molecule has 130 valence electrons. The molecule has 25 heavy (non-hydrogen) atoms. The highest BCUT2D eigenvalue weighted by molar-refractivity contribution is 7.19. The minimum absolute atomic E-state index is 0.312. The minimum atomic E-state index is -0.379. The van der Waals surface area contributed by atoms with E-state index in [0.717, 1.165) is 11.8 Å². The Morgan fingerprint density at radius 2 is 2.00 bits per heavy atom. The Balaban J connectivity index is 2.11. The number of carbonyl (C=O) groups excluding carboxylic acids is 2. The van der Waals surface area contributed by atoms with Gasteiger partial charge >= 0.3 is 5.97 Å². The highest BCUT2D eigenvalue weighted by Crippen LogP contribution is 2.31. The van der Waals surface area contributed by atoms with Gasteiger partial charge in [-0.05, 0) is 25.3 Å². The van der Waals surface area contributed by atoms with E-state index in [4.69, 9.17) is 4.74 Å². The Kier molecular flexibility index (Phi) is 4.72. The maximum absolute atomic E-state index is 12.0. The van der Waals surface area contributed by atoms with E-state index in [1.54, 1.807) is 18.2 Å². The predicted molar refractivity (Wildman–Crippen MR) is 98.7 cm³/mol. The van der Waals surface area contributed by atoms with Crippen LogP contribution in [-0.2, 0) is 4.74 Å². The average molecular weight is 356 g/mol. The molecule has 0 bridgehead atoms. The topological polar surface area (TPSA) is 60.7 Å². The van der Waals surface area contributed by atoms with Crippen molar-refractivity contribution >= 4 is 28.6 Å². The number of fused-ring (bicyclic) bond motifs is 1. The van der Waals surface area contributed by atoms with Crippen molar-refractivity contribution in [3.8, 4) is 11.3 Å². The molecule has 0 aliphatic rings. The van der Waals surface area contributed by atoms with Gasteiger partial charge in [0.05, 0.1) is 6.61 Å². The number of aryl methyl sites for hydroxylation is 1. The molecule has 3 aromatic rings. The van der Waals surface area contributed by atoms with Gasteiger partial charge in [0.25, 0.3) is 0 Å². The maximum Gasteiger partial charge on any atom is 0.350 e. The van der Waals surface area contributed by atoms with Crippen LogP contribution in [0.3, 0.4) is 0 Å². The van der Waals surface area contributed by atoms with Crippen molar-refractivity contribution in [3.63, 3.8) is 0 Å². The third-order valence-corrected chi connectivity index (χ3v) is 5.29. The summed E-state index contributed by atoms with van der Waals surface area (Å²) in [6.45, 7) is 8.15. The number of aromatic nitrogens is 2. The van der Waals surface area contributed by atoms with Gasteiger partial charge in [-0.2, -0.15) is 0 Å². The summed E-state index contributed by atoms with van der Waals surface area (Å²) < 4.78 is 6.81. The molecule has 2 aromatic heterocycles. The Morgan fingerprint density at radius 3 is 2.56 bits per heavy atom. The lowest BCUT2D eigenvalue weighted by Gasteiger charge is -2.06. The lowest BCUT2D eigenvalue weighted by molar-refractivity contribution is 0.0530. The Labute approximate surface area is 150 Å². The SMILES string of the molecule is CCOC(=O)c1sc2nc(-c3ccc(C(C)C)cc3)c(C=O)n2c1C. The summed E-state index contributed by atoms with van der Waals surface area (Å²) in [7, 11) is 0. The zero-order valence-corrected chi connectivity index (χ0v) is 15.5. The molecular weight excluding hydrogens is 336 g/mol. The second-order valence-corrected chi connectivity index (χ2v) is 7.07. The number of hydrogen-bond acceptors (Lipinski definition) is 5. The van der Waals surface area contributed by atoms with Crippen molar-refractivity contribution < 1.29 is 14.3 Å². The average Bonchev–Trinajstić information content (AvgIpc) is 3.12. The van der Waals surface area contributed by atoms with Crippen LogP contribution in [0.25, 0.3) is 16.2 Å².